The molecule has 0 radical (unpaired) electrons. The minimum absolute atomic E-state index is 0.202. The van der Waals surface area contributed by atoms with E-state index in [1.165, 1.54) is 23.8 Å². The van der Waals surface area contributed by atoms with Crippen LogP contribution in [0, 0.1) is 12.7 Å². The zero-order valence-electron chi connectivity index (χ0n) is 12.3. The molecule has 2 aromatic rings. The van der Waals surface area contributed by atoms with Crippen LogP contribution >= 0.6 is 11.6 Å². The number of aromatic nitrogens is 2. The van der Waals surface area contributed by atoms with E-state index in [0.717, 1.165) is 18.5 Å². The lowest BCUT2D eigenvalue weighted by Gasteiger charge is -2.32. The van der Waals surface area contributed by atoms with Gasteiger partial charge in [-0.25, -0.2) is 4.39 Å². The van der Waals surface area contributed by atoms with Crippen molar-refractivity contribution in [3.05, 3.63) is 52.1 Å². The summed E-state index contributed by atoms with van der Waals surface area (Å²) in [4.78, 5) is 14.2. The largest absolute Gasteiger partial charge is 0.339 e. The third-order valence-electron chi connectivity index (χ3n) is 4.25. The molecule has 22 heavy (non-hydrogen) atoms. The number of carbonyl (C=O) groups excluding carboxylic acids is 1. The van der Waals surface area contributed by atoms with E-state index in [-0.39, 0.29) is 11.5 Å². The zero-order valence-corrected chi connectivity index (χ0v) is 13.0. The lowest BCUT2D eigenvalue weighted by molar-refractivity contribution is 0.0712. The fourth-order valence-corrected chi connectivity index (χ4v) is 3.20. The lowest BCUT2D eigenvalue weighted by atomic mass is 9.89. The first-order valence-corrected chi connectivity index (χ1v) is 7.68. The summed E-state index contributed by atoms with van der Waals surface area (Å²) in [6.45, 7) is 3.29. The Labute approximate surface area is 133 Å². The van der Waals surface area contributed by atoms with Crippen LogP contribution in [0.3, 0.4) is 0 Å². The molecule has 4 nitrogen and oxygen atoms in total. The van der Waals surface area contributed by atoms with Gasteiger partial charge in [0.15, 0.2) is 0 Å². The number of H-pyrrole nitrogens is 1. The molecule has 6 heteroatoms. The number of carbonyl (C=O) groups is 1. The number of likely N-dealkylation sites (tertiary alicyclic amines) is 1. The van der Waals surface area contributed by atoms with Crippen molar-refractivity contribution in [2.75, 3.05) is 13.1 Å². The van der Waals surface area contributed by atoms with Crippen LogP contribution in [0.1, 0.15) is 40.4 Å². The first kappa shape index (κ1) is 15.0. The Balaban J connectivity index is 1.70. The van der Waals surface area contributed by atoms with Crippen molar-refractivity contribution in [2.24, 2.45) is 0 Å². The van der Waals surface area contributed by atoms with Gasteiger partial charge in [0.2, 0.25) is 0 Å². The van der Waals surface area contributed by atoms with E-state index in [2.05, 4.69) is 10.2 Å². The average Bonchev–Trinajstić information content (AvgIpc) is 2.95. The van der Waals surface area contributed by atoms with Gasteiger partial charge in [-0.1, -0.05) is 11.6 Å². The van der Waals surface area contributed by atoms with E-state index in [1.807, 2.05) is 13.1 Å². The van der Waals surface area contributed by atoms with Gasteiger partial charge in [-0.2, -0.15) is 5.10 Å². The molecule has 0 atom stereocenters. The first-order chi connectivity index (χ1) is 10.6. The minimum Gasteiger partial charge on any atom is -0.339 e. The molecule has 1 aliphatic rings. The van der Waals surface area contributed by atoms with Gasteiger partial charge in [-0.15, -0.1) is 0 Å². The van der Waals surface area contributed by atoms with Crippen molar-refractivity contribution in [1.82, 2.24) is 15.1 Å². The predicted molar refractivity (Wildman–Crippen MR) is 82.6 cm³/mol. The Bertz CT molecular complexity index is 692. The van der Waals surface area contributed by atoms with Crippen molar-refractivity contribution in [3.63, 3.8) is 0 Å². The fraction of sp³-hybridized carbons (Fsp3) is 0.375. The summed E-state index contributed by atoms with van der Waals surface area (Å²) in [6.07, 6.45) is 3.61. The maximum atomic E-state index is 13.3. The number of hydrogen-bond donors (Lipinski definition) is 1. The normalized spacial score (nSPS) is 16.0. The summed E-state index contributed by atoms with van der Waals surface area (Å²) in [5.41, 5.74) is 2.54. The smallest absolute Gasteiger partial charge is 0.255 e. The molecule has 0 saturated carbocycles. The van der Waals surface area contributed by atoms with Gasteiger partial charge in [0.05, 0.1) is 16.8 Å². The summed E-state index contributed by atoms with van der Waals surface area (Å²) in [5.74, 6) is -0.241. The van der Waals surface area contributed by atoms with E-state index in [0.29, 0.717) is 24.0 Å². The quantitative estimate of drug-likeness (QED) is 0.920. The molecule has 1 amide bonds. The number of nitrogens with zero attached hydrogens (tertiary/aromatic N) is 2. The number of piperidine rings is 1. The molecular weight excluding hydrogens is 305 g/mol. The van der Waals surface area contributed by atoms with E-state index in [9.17, 15) is 9.18 Å². The number of rotatable bonds is 2. The van der Waals surface area contributed by atoms with Crippen LogP contribution in [-0.4, -0.2) is 34.1 Å². The summed E-state index contributed by atoms with van der Waals surface area (Å²) >= 11 is 6.01. The highest BCUT2D eigenvalue weighted by molar-refractivity contribution is 6.33. The second kappa shape index (κ2) is 6.08. The minimum atomic E-state index is -0.448. The van der Waals surface area contributed by atoms with Crippen molar-refractivity contribution in [1.29, 1.82) is 0 Å². The van der Waals surface area contributed by atoms with E-state index in [1.54, 1.807) is 4.90 Å². The Morgan fingerprint density at radius 3 is 2.77 bits per heavy atom. The third-order valence-corrected chi connectivity index (χ3v) is 4.58. The lowest BCUT2D eigenvalue weighted by Crippen LogP contribution is -2.38. The monoisotopic (exact) mass is 321 g/mol. The number of hydrogen-bond acceptors (Lipinski definition) is 2. The number of amides is 1. The molecular formula is C16H17ClFN3O. The number of benzene rings is 1. The Hall–Kier alpha value is -1.88. The number of aromatic amines is 1. The van der Waals surface area contributed by atoms with Crippen LogP contribution in [0.15, 0.2) is 24.4 Å². The molecule has 3 rings (SSSR count). The first-order valence-electron chi connectivity index (χ1n) is 7.30. The molecule has 0 aliphatic carbocycles. The van der Waals surface area contributed by atoms with Crippen LogP contribution in [0.4, 0.5) is 4.39 Å². The van der Waals surface area contributed by atoms with Crippen molar-refractivity contribution < 1.29 is 9.18 Å². The molecule has 1 saturated heterocycles. The molecule has 1 aliphatic heterocycles. The summed E-state index contributed by atoms with van der Waals surface area (Å²) in [6, 6.07) is 3.88. The maximum absolute atomic E-state index is 13.3. The highest BCUT2D eigenvalue weighted by Crippen LogP contribution is 2.30. The molecule has 2 heterocycles. The highest BCUT2D eigenvalue weighted by atomic mass is 35.5. The molecule has 1 aromatic heterocycles. The van der Waals surface area contributed by atoms with Gasteiger partial charge < -0.3 is 4.90 Å². The second-order valence-corrected chi connectivity index (χ2v) is 6.05. The van der Waals surface area contributed by atoms with Crippen LogP contribution in [0.25, 0.3) is 0 Å². The molecule has 0 spiro atoms. The molecule has 1 aromatic carbocycles. The molecule has 0 unspecified atom stereocenters. The van der Waals surface area contributed by atoms with Gasteiger partial charge in [-0.05, 0) is 49.4 Å². The van der Waals surface area contributed by atoms with E-state index < -0.39 is 5.82 Å². The third kappa shape index (κ3) is 2.86. The molecule has 0 bridgehead atoms. The second-order valence-electron chi connectivity index (χ2n) is 5.64. The molecule has 1 N–H and O–H groups in total. The zero-order chi connectivity index (χ0) is 15.7. The highest BCUT2D eigenvalue weighted by Gasteiger charge is 2.27. The Morgan fingerprint density at radius 2 is 2.14 bits per heavy atom. The van der Waals surface area contributed by atoms with Crippen LogP contribution in [0.5, 0.6) is 0 Å². The molecule has 1 fully saturated rings. The predicted octanol–water partition coefficient (Wildman–Crippen LogP) is 3.53. The fourth-order valence-electron chi connectivity index (χ4n) is 3.00. The van der Waals surface area contributed by atoms with Gasteiger partial charge in [0.25, 0.3) is 5.91 Å². The SMILES string of the molecule is Cc1[nH]ncc1C1CCN(C(=O)c2cc(F)ccc2Cl)CC1. The maximum Gasteiger partial charge on any atom is 0.255 e. The molecule has 116 valence electrons. The van der Waals surface area contributed by atoms with Gasteiger partial charge in [0.1, 0.15) is 5.82 Å². The van der Waals surface area contributed by atoms with Crippen LogP contribution in [0.2, 0.25) is 5.02 Å². The Kier molecular flexibility index (Phi) is 4.16. The number of aryl methyl sites for hydroxylation is 1. The van der Waals surface area contributed by atoms with Crippen molar-refractivity contribution >= 4 is 17.5 Å². The van der Waals surface area contributed by atoms with Crippen LogP contribution < -0.4 is 0 Å². The van der Waals surface area contributed by atoms with E-state index in [4.69, 9.17) is 11.6 Å². The summed E-state index contributed by atoms with van der Waals surface area (Å²) in [7, 11) is 0. The van der Waals surface area contributed by atoms with Crippen molar-refractivity contribution in [3.8, 4) is 0 Å². The number of halogens is 2. The van der Waals surface area contributed by atoms with Crippen LogP contribution in [-0.2, 0) is 0 Å². The van der Waals surface area contributed by atoms with Gasteiger partial charge >= 0.3 is 0 Å². The summed E-state index contributed by atoms with van der Waals surface area (Å²) < 4.78 is 13.3. The average molecular weight is 322 g/mol. The van der Waals surface area contributed by atoms with E-state index >= 15 is 0 Å². The van der Waals surface area contributed by atoms with Gasteiger partial charge in [0, 0.05) is 18.8 Å². The topological polar surface area (TPSA) is 49.0 Å². The van der Waals surface area contributed by atoms with Crippen molar-refractivity contribution in [2.45, 2.75) is 25.7 Å². The Morgan fingerprint density at radius 1 is 1.41 bits per heavy atom. The standard InChI is InChI=1S/C16H17ClFN3O/c1-10-14(9-19-20-10)11-4-6-21(7-5-11)16(22)13-8-12(18)2-3-15(13)17/h2-3,8-9,11H,4-7H2,1H3,(H,19,20). The van der Waals surface area contributed by atoms with Gasteiger partial charge in [-0.3, -0.25) is 9.89 Å². The summed E-state index contributed by atoms with van der Waals surface area (Å²) in [5, 5.41) is 7.30. The number of nitrogens with one attached hydrogen (secondary N) is 1.